The van der Waals surface area contributed by atoms with E-state index in [4.69, 9.17) is 4.74 Å². The zero-order valence-corrected chi connectivity index (χ0v) is 16.8. The number of nitrogens with zero attached hydrogens (tertiary/aromatic N) is 1. The molecule has 5 nitrogen and oxygen atoms in total. The molecule has 2 heterocycles. The maximum atomic E-state index is 12.9. The Balaban J connectivity index is 1.55. The lowest BCUT2D eigenvalue weighted by Crippen LogP contribution is -2.51. The summed E-state index contributed by atoms with van der Waals surface area (Å²) >= 11 is 0. The molecule has 1 aromatic carbocycles. The number of rotatable bonds is 4. The molecule has 5 heteroatoms. The normalized spacial score (nSPS) is 21.9. The van der Waals surface area contributed by atoms with Gasteiger partial charge in [-0.1, -0.05) is 17.2 Å². The first kappa shape index (κ1) is 19.9. The third-order valence-electron chi connectivity index (χ3n) is 5.95. The number of hydrogen-bond acceptors (Lipinski definition) is 3. The number of piperidine rings is 1. The average molecular weight is 373 g/mol. The van der Waals surface area contributed by atoms with Crippen molar-refractivity contribution in [3.05, 3.63) is 34.9 Å². The van der Waals surface area contributed by atoms with Gasteiger partial charge in [0.25, 0.3) is 5.91 Å². The van der Waals surface area contributed by atoms with Gasteiger partial charge in [0.1, 0.15) is 0 Å². The lowest BCUT2D eigenvalue weighted by molar-refractivity contribution is -0.125. The van der Waals surface area contributed by atoms with Crippen LogP contribution in [0.3, 0.4) is 0 Å². The lowest BCUT2D eigenvalue weighted by Gasteiger charge is -2.46. The fraction of sp³-hybridized carbons (Fsp3) is 0.636. The average Bonchev–Trinajstić information content (AvgIpc) is 2.61. The molecule has 148 valence electrons. The Morgan fingerprint density at radius 2 is 1.85 bits per heavy atom. The van der Waals surface area contributed by atoms with E-state index in [0.717, 1.165) is 75.0 Å². The van der Waals surface area contributed by atoms with Gasteiger partial charge >= 0.3 is 0 Å². The summed E-state index contributed by atoms with van der Waals surface area (Å²) in [6, 6.07) is 6.06. The van der Waals surface area contributed by atoms with Crippen LogP contribution in [0.2, 0.25) is 0 Å². The van der Waals surface area contributed by atoms with E-state index in [-0.39, 0.29) is 17.4 Å². The molecule has 2 fully saturated rings. The molecule has 0 aliphatic carbocycles. The Bertz CT molecular complexity index is 673. The fourth-order valence-electron chi connectivity index (χ4n) is 4.57. The van der Waals surface area contributed by atoms with Crippen molar-refractivity contribution in [2.75, 3.05) is 26.2 Å². The third kappa shape index (κ3) is 5.10. The van der Waals surface area contributed by atoms with Crippen molar-refractivity contribution in [1.82, 2.24) is 10.2 Å². The standard InChI is InChI=1S/C22H32N2O3/c1-16-12-17(2)14-20(13-16)21(26)24-9-6-22(7-10-24)15-19(5-11-27-22)4-8-23-18(3)25/h12-14,19H,4-11,15H2,1-3H3,(H,23,25). The predicted molar refractivity (Wildman–Crippen MR) is 106 cm³/mol. The monoisotopic (exact) mass is 372 g/mol. The van der Waals surface area contributed by atoms with Crippen molar-refractivity contribution >= 4 is 11.8 Å². The highest BCUT2D eigenvalue weighted by Gasteiger charge is 2.41. The molecule has 1 N–H and O–H groups in total. The Labute approximate surface area is 162 Å². The molecule has 0 radical (unpaired) electrons. The maximum absolute atomic E-state index is 12.9. The Morgan fingerprint density at radius 3 is 2.48 bits per heavy atom. The summed E-state index contributed by atoms with van der Waals surface area (Å²) < 4.78 is 6.21. The van der Waals surface area contributed by atoms with Crippen molar-refractivity contribution in [2.45, 2.75) is 58.5 Å². The summed E-state index contributed by atoms with van der Waals surface area (Å²) in [7, 11) is 0. The predicted octanol–water partition coefficient (Wildman–Crippen LogP) is 3.23. The van der Waals surface area contributed by atoms with Gasteiger partial charge in [0.05, 0.1) is 5.60 Å². The minimum Gasteiger partial charge on any atom is -0.375 e. The maximum Gasteiger partial charge on any atom is 0.253 e. The molecule has 2 saturated heterocycles. The van der Waals surface area contributed by atoms with E-state index in [1.165, 1.54) is 0 Å². The zero-order chi connectivity index (χ0) is 19.4. The number of hydrogen-bond donors (Lipinski definition) is 1. The van der Waals surface area contributed by atoms with Crippen LogP contribution in [0.5, 0.6) is 0 Å². The van der Waals surface area contributed by atoms with E-state index in [2.05, 4.69) is 11.4 Å². The first-order chi connectivity index (χ1) is 12.9. The van der Waals surface area contributed by atoms with Crippen LogP contribution in [-0.4, -0.2) is 48.6 Å². The molecule has 3 rings (SSSR count). The van der Waals surface area contributed by atoms with E-state index in [1.54, 1.807) is 6.92 Å². The third-order valence-corrected chi connectivity index (χ3v) is 5.95. The van der Waals surface area contributed by atoms with Crippen LogP contribution in [0, 0.1) is 19.8 Å². The summed E-state index contributed by atoms with van der Waals surface area (Å²) in [4.78, 5) is 25.9. The second-order valence-corrected chi connectivity index (χ2v) is 8.33. The van der Waals surface area contributed by atoms with Gasteiger partial charge in [0, 0.05) is 38.7 Å². The van der Waals surface area contributed by atoms with Crippen molar-refractivity contribution in [3.63, 3.8) is 0 Å². The SMILES string of the molecule is CC(=O)NCCC1CCOC2(CCN(C(=O)c3cc(C)cc(C)c3)CC2)C1. The highest BCUT2D eigenvalue weighted by Crippen LogP contribution is 2.39. The Morgan fingerprint density at radius 1 is 1.19 bits per heavy atom. The minimum absolute atomic E-state index is 0.0370. The summed E-state index contributed by atoms with van der Waals surface area (Å²) in [6.07, 6.45) is 4.92. The molecule has 0 saturated carbocycles. The van der Waals surface area contributed by atoms with Crippen LogP contribution >= 0.6 is 0 Å². The number of benzene rings is 1. The molecular weight excluding hydrogens is 340 g/mol. The van der Waals surface area contributed by atoms with Gasteiger partial charge in [-0.15, -0.1) is 0 Å². The Kier molecular flexibility index (Phi) is 6.20. The largest absolute Gasteiger partial charge is 0.375 e. The number of carbonyl (C=O) groups is 2. The summed E-state index contributed by atoms with van der Waals surface area (Å²) in [5.74, 6) is 0.761. The zero-order valence-electron chi connectivity index (χ0n) is 16.8. The van der Waals surface area contributed by atoms with Crippen molar-refractivity contribution in [3.8, 4) is 0 Å². The van der Waals surface area contributed by atoms with E-state index in [1.807, 2.05) is 30.9 Å². The van der Waals surface area contributed by atoms with Crippen LogP contribution in [0.1, 0.15) is 60.5 Å². The number of aryl methyl sites for hydroxylation is 2. The van der Waals surface area contributed by atoms with Crippen LogP contribution < -0.4 is 5.32 Å². The van der Waals surface area contributed by atoms with E-state index in [0.29, 0.717) is 5.92 Å². The molecule has 2 aliphatic rings. The summed E-state index contributed by atoms with van der Waals surface area (Å²) in [5, 5.41) is 2.90. The number of amides is 2. The van der Waals surface area contributed by atoms with Gasteiger partial charge in [-0.05, 0) is 64.0 Å². The summed E-state index contributed by atoms with van der Waals surface area (Å²) in [5.41, 5.74) is 2.97. The molecule has 1 spiro atoms. The van der Waals surface area contributed by atoms with Gasteiger partial charge in [-0.25, -0.2) is 0 Å². The molecule has 27 heavy (non-hydrogen) atoms. The number of nitrogens with one attached hydrogen (secondary N) is 1. The molecule has 1 unspecified atom stereocenters. The fourth-order valence-corrected chi connectivity index (χ4v) is 4.57. The van der Waals surface area contributed by atoms with Crippen molar-refractivity contribution in [1.29, 1.82) is 0 Å². The van der Waals surface area contributed by atoms with Gasteiger partial charge in [-0.3, -0.25) is 9.59 Å². The van der Waals surface area contributed by atoms with E-state index < -0.39 is 0 Å². The van der Waals surface area contributed by atoms with Crippen LogP contribution in [0.4, 0.5) is 0 Å². The highest BCUT2D eigenvalue weighted by atomic mass is 16.5. The van der Waals surface area contributed by atoms with Gasteiger partial charge < -0.3 is 15.0 Å². The molecule has 0 aromatic heterocycles. The number of carbonyl (C=O) groups excluding carboxylic acids is 2. The molecule has 2 aliphatic heterocycles. The lowest BCUT2D eigenvalue weighted by atomic mass is 9.78. The topological polar surface area (TPSA) is 58.6 Å². The number of ether oxygens (including phenoxy) is 1. The second kappa shape index (κ2) is 8.42. The highest BCUT2D eigenvalue weighted by molar-refractivity contribution is 5.94. The van der Waals surface area contributed by atoms with Gasteiger partial charge in [-0.2, -0.15) is 0 Å². The Hall–Kier alpha value is -1.88. The first-order valence-corrected chi connectivity index (χ1v) is 10.1. The minimum atomic E-state index is -0.0849. The summed E-state index contributed by atoms with van der Waals surface area (Å²) in [6.45, 7) is 8.67. The quantitative estimate of drug-likeness (QED) is 0.883. The molecule has 1 aromatic rings. The first-order valence-electron chi connectivity index (χ1n) is 10.1. The van der Waals surface area contributed by atoms with Crippen LogP contribution in [-0.2, 0) is 9.53 Å². The van der Waals surface area contributed by atoms with Gasteiger partial charge in [0.2, 0.25) is 5.91 Å². The van der Waals surface area contributed by atoms with Gasteiger partial charge in [0.15, 0.2) is 0 Å². The smallest absolute Gasteiger partial charge is 0.253 e. The molecule has 1 atom stereocenters. The van der Waals surface area contributed by atoms with Crippen LogP contribution in [0.15, 0.2) is 18.2 Å². The van der Waals surface area contributed by atoms with E-state index in [9.17, 15) is 9.59 Å². The van der Waals surface area contributed by atoms with Crippen LogP contribution in [0.25, 0.3) is 0 Å². The van der Waals surface area contributed by atoms with Crippen molar-refractivity contribution < 1.29 is 14.3 Å². The molecule has 2 amide bonds. The molecule has 0 bridgehead atoms. The van der Waals surface area contributed by atoms with Crippen molar-refractivity contribution in [2.24, 2.45) is 5.92 Å². The van der Waals surface area contributed by atoms with E-state index >= 15 is 0 Å². The molecular formula is C22H32N2O3. The number of likely N-dealkylation sites (tertiary alicyclic amines) is 1. The second-order valence-electron chi connectivity index (χ2n) is 8.33.